The molecule has 40 heavy (non-hydrogen) atoms. The zero-order valence-corrected chi connectivity index (χ0v) is 24.5. The van der Waals surface area contributed by atoms with Crippen LogP contribution in [0.25, 0.3) is 22.0 Å². The number of carbonyl (C=O) groups is 2. The van der Waals surface area contributed by atoms with Crippen LogP contribution in [0, 0.1) is 3.57 Å². The molecule has 10 heteroatoms. The lowest BCUT2D eigenvalue weighted by molar-refractivity contribution is 0.0729. The minimum atomic E-state index is -0.657. The highest BCUT2D eigenvalue weighted by Gasteiger charge is 2.20. The van der Waals surface area contributed by atoms with Crippen molar-refractivity contribution in [3.8, 4) is 22.6 Å². The van der Waals surface area contributed by atoms with Gasteiger partial charge in [0.2, 0.25) is 0 Å². The van der Waals surface area contributed by atoms with E-state index in [4.69, 9.17) is 32.7 Å². The Hall–Kier alpha value is -3.86. The Kier molecular flexibility index (Phi) is 8.39. The summed E-state index contributed by atoms with van der Waals surface area (Å²) in [4.78, 5) is 29.0. The molecule has 0 spiro atoms. The second-order valence-corrected chi connectivity index (χ2v) is 10.6. The number of ether oxygens (including phenoxy) is 2. The molecule has 0 radical (unpaired) electrons. The van der Waals surface area contributed by atoms with Gasteiger partial charge < -0.3 is 14.5 Å². The smallest absolute Gasteiger partial charge is 0.345 e. The molecule has 4 aromatic carbocycles. The number of nitrogens with one attached hydrogen (secondary N) is 2. The molecular formula is C30H20Cl2IN3O4. The Bertz CT molecular complexity index is 1770. The molecule has 0 aliphatic heterocycles. The monoisotopic (exact) mass is 683 g/mol. The van der Waals surface area contributed by atoms with Crippen molar-refractivity contribution >= 4 is 74.8 Å². The maximum atomic E-state index is 13.2. The number of carbonyl (C=O) groups excluding carboxylic acids is 2. The molecular weight excluding hydrogens is 664 g/mol. The van der Waals surface area contributed by atoms with E-state index in [1.54, 1.807) is 24.3 Å². The molecule has 5 rings (SSSR count). The number of hydrazone groups is 1. The van der Waals surface area contributed by atoms with E-state index in [-0.39, 0.29) is 16.3 Å². The lowest BCUT2D eigenvalue weighted by Gasteiger charge is -2.10. The van der Waals surface area contributed by atoms with Crippen molar-refractivity contribution in [2.45, 2.75) is 0 Å². The second-order valence-electron chi connectivity index (χ2n) is 8.55. The maximum Gasteiger partial charge on any atom is 0.345 e. The van der Waals surface area contributed by atoms with Crippen LogP contribution in [0.3, 0.4) is 0 Å². The van der Waals surface area contributed by atoms with Crippen LogP contribution < -0.4 is 14.9 Å². The Morgan fingerprint density at radius 3 is 2.50 bits per heavy atom. The lowest BCUT2D eigenvalue weighted by Crippen LogP contribution is -2.18. The third kappa shape index (κ3) is 5.99. The molecule has 5 aromatic rings. The van der Waals surface area contributed by atoms with E-state index in [1.807, 2.05) is 48.5 Å². The van der Waals surface area contributed by atoms with Gasteiger partial charge in [-0.15, -0.1) is 0 Å². The van der Waals surface area contributed by atoms with Crippen LogP contribution in [0.15, 0.2) is 90.0 Å². The van der Waals surface area contributed by atoms with Crippen LogP contribution >= 0.6 is 45.8 Å². The summed E-state index contributed by atoms with van der Waals surface area (Å²) in [6.07, 6.45) is 1.47. The van der Waals surface area contributed by atoms with E-state index in [0.29, 0.717) is 22.0 Å². The van der Waals surface area contributed by atoms with Crippen LogP contribution in [-0.4, -0.2) is 30.2 Å². The molecule has 0 saturated heterocycles. The van der Waals surface area contributed by atoms with Crippen LogP contribution in [-0.2, 0) is 0 Å². The van der Waals surface area contributed by atoms with Gasteiger partial charge in [0.25, 0.3) is 5.91 Å². The predicted molar refractivity (Wildman–Crippen MR) is 166 cm³/mol. The molecule has 2 N–H and O–H groups in total. The van der Waals surface area contributed by atoms with E-state index in [0.717, 1.165) is 25.6 Å². The normalized spacial score (nSPS) is 11.1. The standard InChI is InChI=1S/C30H20Cl2IN3O4/c1-39-26-13-17(7-12-25(26)40-30(38)21-10-8-19(31)14-23(21)32)16-34-36-29(37)28-27(18-5-3-2-4-6-18)22-15-20(33)9-11-24(22)35-28/h2-16,35H,1H3,(H,36,37). The first-order valence-electron chi connectivity index (χ1n) is 11.9. The first-order chi connectivity index (χ1) is 19.3. The predicted octanol–water partition coefficient (Wildman–Crippen LogP) is 7.74. The average Bonchev–Trinajstić information content (AvgIpc) is 3.32. The molecule has 0 atom stereocenters. The van der Waals surface area contributed by atoms with E-state index in [9.17, 15) is 9.59 Å². The number of hydrogen-bond acceptors (Lipinski definition) is 5. The fraction of sp³-hybridized carbons (Fsp3) is 0.0333. The van der Waals surface area contributed by atoms with Crippen molar-refractivity contribution in [3.63, 3.8) is 0 Å². The SMILES string of the molecule is COc1cc(C=NNC(=O)c2[nH]c3ccc(I)cc3c2-c2ccccc2)ccc1OC(=O)c1ccc(Cl)cc1Cl. The molecule has 1 amide bonds. The summed E-state index contributed by atoms with van der Waals surface area (Å²) in [7, 11) is 1.45. The zero-order valence-electron chi connectivity index (χ0n) is 20.9. The summed E-state index contributed by atoms with van der Waals surface area (Å²) in [5, 5.41) is 5.67. The summed E-state index contributed by atoms with van der Waals surface area (Å²) in [5.41, 5.74) is 6.34. The molecule has 200 valence electrons. The van der Waals surface area contributed by atoms with Crippen molar-refractivity contribution in [3.05, 3.63) is 115 Å². The minimum Gasteiger partial charge on any atom is -0.493 e. The van der Waals surface area contributed by atoms with Crippen molar-refractivity contribution in [2.75, 3.05) is 7.11 Å². The number of amides is 1. The zero-order chi connectivity index (χ0) is 28.2. The Morgan fingerprint density at radius 1 is 0.950 bits per heavy atom. The van der Waals surface area contributed by atoms with Crippen molar-refractivity contribution < 1.29 is 19.1 Å². The summed E-state index contributed by atoms with van der Waals surface area (Å²) in [6, 6.07) is 25.0. The molecule has 0 aliphatic carbocycles. The number of nitrogens with zero attached hydrogens (tertiary/aromatic N) is 1. The summed E-state index contributed by atoms with van der Waals surface area (Å²) in [6.45, 7) is 0. The highest BCUT2D eigenvalue weighted by molar-refractivity contribution is 14.1. The van der Waals surface area contributed by atoms with E-state index in [1.165, 1.54) is 25.5 Å². The lowest BCUT2D eigenvalue weighted by atomic mass is 10.0. The minimum absolute atomic E-state index is 0.169. The molecule has 0 saturated carbocycles. The number of rotatable bonds is 7. The van der Waals surface area contributed by atoms with Crippen LogP contribution in [0.5, 0.6) is 11.5 Å². The van der Waals surface area contributed by atoms with E-state index < -0.39 is 11.9 Å². The third-order valence-electron chi connectivity index (χ3n) is 5.97. The number of H-pyrrole nitrogens is 1. The van der Waals surface area contributed by atoms with Gasteiger partial charge in [0, 0.05) is 25.1 Å². The number of methoxy groups -OCH3 is 1. The first kappa shape index (κ1) is 27.7. The topological polar surface area (TPSA) is 92.8 Å². The number of halogens is 3. The van der Waals surface area contributed by atoms with Crippen LogP contribution in [0.2, 0.25) is 10.0 Å². The van der Waals surface area contributed by atoms with Gasteiger partial charge in [-0.1, -0.05) is 53.5 Å². The van der Waals surface area contributed by atoms with Gasteiger partial charge >= 0.3 is 5.97 Å². The molecule has 0 unspecified atom stereocenters. The van der Waals surface area contributed by atoms with Gasteiger partial charge in [-0.3, -0.25) is 4.79 Å². The summed E-state index contributed by atoms with van der Waals surface area (Å²) < 4.78 is 11.9. The summed E-state index contributed by atoms with van der Waals surface area (Å²) in [5.74, 6) is -0.556. The molecule has 0 aliphatic rings. The van der Waals surface area contributed by atoms with Crippen LogP contribution in [0.4, 0.5) is 0 Å². The average molecular weight is 684 g/mol. The van der Waals surface area contributed by atoms with Gasteiger partial charge in [-0.25, -0.2) is 10.2 Å². The fourth-order valence-electron chi connectivity index (χ4n) is 4.12. The summed E-state index contributed by atoms with van der Waals surface area (Å²) >= 11 is 14.3. The van der Waals surface area contributed by atoms with Gasteiger partial charge in [-0.2, -0.15) is 5.10 Å². The number of benzene rings is 4. The molecule has 0 bridgehead atoms. The van der Waals surface area contributed by atoms with Crippen molar-refractivity contribution in [2.24, 2.45) is 5.10 Å². The second kappa shape index (κ2) is 12.1. The molecule has 0 fully saturated rings. The maximum absolute atomic E-state index is 13.2. The number of esters is 1. The van der Waals surface area contributed by atoms with Gasteiger partial charge in [-0.05, 0) is 88.3 Å². The highest BCUT2D eigenvalue weighted by Crippen LogP contribution is 2.34. The van der Waals surface area contributed by atoms with Gasteiger partial charge in [0.15, 0.2) is 11.5 Å². The number of aromatic nitrogens is 1. The first-order valence-corrected chi connectivity index (χ1v) is 13.7. The van der Waals surface area contributed by atoms with E-state index >= 15 is 0 Å². The molecule has 1 heterocycles. The van der Waals surface area contributed by atoms with E-state index in [2.05, 4.69) is 38.1 Å². The number of aromatic amines is 1. The van der Waals surface area contributed by atoms with Crippen LogP contribution in [0.1, 0.15) is 26.4 Å². The Morgan fingerprint density at radius 2 is 1.75 bits per heavy atom. The van der Waals surface area contributed by atoms with Crippen molar-refractivity contribution in [1.82, 2.24) is 10.4 Å². The number of fused-ring (bicyclic) bond motifs is 1. The van der Waals surface area contributed by atoms with Gasteiger partial charge in [0.1, 0.15) is 5.69 Å². The Labute approximate surface area is 253 Å². The van der Waals surface area contributed by atoms with Gasteiger partial charge in [0.05, 0.1) is 23.9 Å². The molecule has 7 nitrogen and oxygen atoms in total. The van der Waals surface area contributed by atoms with Crippen molar-refractivity contribution in [1.29, 1.82) is 0 Å². The third-order valence-corrected chi connectivity index (χ3v) is 7.19. The number of hydrogen-bond donors (Lipinski definition) is 2. The fourth-order valence-corrected chi connectivity index (χ4v) is 5.10. The quantitative estimate of drug-likeness (QED) is 0.0604. The Balaban J connectivity index is 1.35. The highest BCUT2D eigenvalue weighted by atomic mass is 127. The molecule has 1 aromatic heterocycles. The largest absolute Gasteiger partial charge is 0.493 e.